The molecule has 0 radical (unpaired) electrons. The van der Waals surface area contributed by atoms with Gasteiger partial charge in [0.2, 0.25) is 5.95 Å². The van der Waals surface area contributed by atoms with Gasteiger partial charge in [-0.1, -0.05) is 24.3 Å². The van der Waals surface area contributed by atoms with Crippen LogP contribution >= 0.6 is 0 Å². The third kappa shape index (κ3) is 4.93. The number of hydrogen-bond donors (Lipinski definition) is 2. The Kier molecular flexibility index (Phi) is 6.73. The van der Waals surface area contributed by atoms with Crippen LogP contribution in [0.1, 0.15) is 43.0 Å². The van der Waals surface area contributed by atoms with Crippen molar-refractivity contribution in [3.63, 3.8) is 0 Å². The smallest absolute Gasteiger partial charge is 0.255 e. The van der Waals surface area contributed by atoms with Crippen LogP contribution in [0.4, 0.5) is 11.8 Å². The van der Waals surface area contributed by atoms with Crippen molar-refractivity contribution in [3.05, 3.63) is 54.1 Å². The number of carbonyl (C=O) groups excluding carboxylic acids is 1. The molecule has 0 spiro atoms. The summed E-state index contributed by atoms with van der Waals surface area (Å²) in [5.41, 5.74) is 1.53. The molecule has 32 heavy (non-hydrogen) atoms. The lowest BCUT2D eigenvalue weighted by atomic mass is 9.91. The molecule has 1 fully saturated rings. The number of nitrogens with one attached hydrogen (secondary N) is 2. The van der Waals surface area contributed by atoms with Crippen LogP contribution < -0.4 is 20.3 Å². The molecule has 4 rings (SSSR count). The molecule has 0 atom stereocenters. The Balaban J connectivity index is 1.37. The molecule has 1 heterocycles. The van der Waals surface area contributed by atoms with Crippen molar-refractivity contribution >= 4 is 28.6 Å². The van der Waals surface area contributed by atoms with E-state index in [1.165, 1.54) is 0 Å². The molecular formula is C25H31N5O2. The summed E-state index contributed by atoms with van der Waals surface area (Å²) < 4.78 is 5.60. The zero-order valence-electron chi connectivity index (χ0n) is 19.0. The number of ether oxygens (including phenoxy) is 1. The van der Waals surface area contributed by atoms with Crippen molar-refractivity contribution in [2.24, 2.45) is 0 Å². The van der Waals surface area contributed by atoms with Crippen molar-refractivity contribution in [1.82, 2.24) is 15.3 Å². The van der Waals surface area contributed by atoms with Crippen LogP contribution in [0.25, 0.3) is 10.9 Å². The van der Waals surface area contributed by atoms with Gasteiger partial charge in [0.25, 0.3) is 5.91 Å². The summed E-state index contributed by atoms with van der Waals surface area (Å²) in [6.07, 6.45) is 3.72. The quantitative estimate of drug-likeness (QED) is 0.580. The van der Waals surface area contributed by atoms with Gasteiger partial charge in [-0.2, -0.15) is 4.98 Å². The fourth-order valence-electron chi connectivity index (χ4n) is 4.23. The molecule has 1 aliphatic rings. The lowest BCUT2D eigenvalue weighted by Gasteiger charge is -2.30. The molecule has 2 N–H and O–H groups in total. The monoisotopic (exact) mass is 433 g/mol. The van der Waals surface area contributed by atoms with Crippen molar-refractivity contribution in [2.75, 3.05) is 30.9 Å². The molecule has 7 heteroatoms. The van der Waals surface area contributed by atoms with Crippen LogP contribution in [0.2, 0.25) is 0 Å². The molecule has 1 aromatic heterocycles. The number of fused-ring (bicyclic) bond motifs is 1. The highest BCUT2D eigenvalue weighted by atomic mass is 16.5. The van der Waals surface area contributed by atoms with Crippen molar-refractivity contribution in [1.29, 1.82) is 0 Å². The number of amides is 1. The summed E-state index contributed by atoms with van der Waals surface area (Å²) in [6.45, 7) is 2.46. The Morgan fingerprint density at radius 2 is 1.69 bits per heavy atom. The van der Waals surface area contributed by atoms with Gasteiger partial charge in [0.15, 0.2) is 0 Å². The highest BCUT2D eigenvalue weighted by Gasteiger charge is 2.24. The standard InChI is InChI=1S/C25H31N5O2/c1-4-32-22-12-8-6-10-20(22)24(31)26-17-13-15-18(16-14-17)27-25-28-21-11-7-5-9-19(21)23(29-25)30(2)3/h5-12,17-18H,4,13-16H2,1-3H3,(H,26,31)(H,27,28,29). The normalized spacial score (nSPS) is 18.2. The molecule has 0 bridgehead atoms. The minimum Gasteiger partial charge on any atom is -0.493 e. The molecule has 2 aromatic carbocycles. The van der Waals surface area contributed by atoms with Gasteiger partial charge in [0.05, 0.1) is 17.7 Å². The molecule has 0 saturated heterocycles. The van der Waals surface area contributed by atoms with E-state index in [0.29, 0.717) is 23.9 Å². The zero-order chi connectivity index (χ0) is 22.5. The summed E-state index contributed by atoms with van der Waals surface area (Å²) in [5.74, 6) is 2.13. The Labute approximate surface area is 189 Å². The Bertz CT molecular complexity index is 1080. The van der Waals surface area contributed by atoms with Crippen molar-refractivity contribution < 1.29 is 9.53 Å². The van der Waals surface area contributed by atoms with E-state index in [1.807, 2.05) is 74.4 Å². The van der Waals surface area contributed by atoms with Gasteiger partial charge < -0.3 is 20.3 Å². The fourth-order valence-corrected chi connectivity index (χ4v) is 4.23. The Morgan fingerprint density at radius 1 is 1.00 bits per heavy atom. The fraction of sp³-hybridized carbons (Fsp3) is 0.400. The molecule has 3 aromatic rings. The van der Waals surface area contributed by atoms with Crippen LogP contribution in [-0.2, 0) is 0 Å². The van der Waals surface area contributed by atoms with Crippen LogP contribution in [0.3, 0.4) is 0 Å². The van der Waals surface area contributed by atoms with E-state index < -0.39 is 0 Å². The van der Waals surface area contributed by atoms with Gasteiger partial charge in [-0.15, -0.1) is 0 Å². The molecular weight excluding hydrogens is 402 g/mol. The van der Waals surface area contributed by atoms with Gasteiger partial charge >= 0.3 is 0 Å². The number of anilines is 2. The highest BCUT2D eigenvalue weighted by molar-refractivity contribution is 5.97. The first-order valence-corrected chi connectivity index (χ1v) is 11.3. The van der Waals surface area contributed by atoms with Crippen molar-refractivity contribution in [3.8, 4) is 5.75 Å². The first-order chi connectivity index (χ1) is 15.5. The molecule has 7 nitrogen and oxygen atoms in total. The minimum absolute atomic E-state index is 0.0704. The first-order valence-electron chi connectivity index (χ1n) is 11.3. The molecule has 0 aliphatic heterocycles. The maximum absolute atomic E-state index is 12.8. The van der Waals surface area contributed by atoms with E-state index in [1.54, 1.807) is 0 Å². The molecule has 1 aliphatic carbocycles. The maximum atomic E-state index is 12.8. The highest BCUT2D eigenvalue weighted by Crippen LogP contribution is 2.27. The van der Waals surface area contributed by atoms with Crippen LogP contribution in [0.15, 0.2) is 48.5 Å². The van der Waals surface area contributed by atoms with Crippen molar-refractivity contribution in [2.45, 2.75) is 44.7 Å². The third-order valence-corrected chi connectivity index (χ3v) is 5.83. The summed E-state index contributed by atoms with van der Waals surface area (Å²) in [7, 11) is 3.99. The number of nitrogens with zero attached hydrogens (tertiary/aromatic N) is 3. The predicted molar refractivity (Wildman–Crippen MR) is 129 cm³/mol. The van der Waals surface area contributed by atoms with Crippen LogP contribution in [0, 0.1) is 0 Å². The van der Waals surface area contributed by atoms with E-state index in [4.69, 9.17) is 14.7 Å². The first kappa shape index (κ1) is 21.9. The molecule has 1 saturated carbocycles. The second kappa shape index (κ2) is 9.85. The van der Waals surface area contributed by atoms with E-state index in [0.717, 1.165) is 42.4 Å². The minimum atomic E-state index is -0.0704. The number of aromatic nitrogens is 2. The topological polar surface area (TPSA) is 79.4 Å². The molecule has 0 unspecified atom stereocenters. The number of para-hydroxylation sites is 2. The van der Waals surface area contributed by atoms with E-state index in [2.05, 4.69) is 10.6 Å². The average molecular weight is 434 g/mol. The second-order valence-corrected chi connectivity index (χ2v) is 8.38. The SMILES string of the molecule is CCOc1ccccc1C(=O)NC1CCC(Nc2nc(N(C)C)c3ccccc3n2)CC1. The van der Waals surface area contributed by atoms with Gasteiger partial charge in [-0.05, 0) is 56.9 Å². The van der Waals surface area contributed by atoms with Crippen LogP contribution in [-0.4, -0.2) is 48.7 Å². The predicted octanol–water partition coefficient (Wildman–Crippen LogP) is 4.25. The summed E-state index contributed by atoms with van der Waals surface area (Å²) in [4.78, 5) is 24.3. The summed E-state index contributed by atoms with van der Waals surface area (Å²) in [5, 5.41) is 7.74. The lowest BCUT2D eigenvalue weighted by molar-refractivity contribution is 0.0922. The van der Waals surface area contributed by atoms with Gasteiger partial charge in [0, 0.05) is 31.6 Å². The number of hydrogen-bond acceptors (Lipinski definition) is 6. The molecule has 1 amide bonds. The third-order valence-electron chi connectivity index (χ3n) is 5.83. The Hall–Kier alpha value is -3.35. The largest absolute Gasteiger partial charge is 0.493 e. The Morgan fingerprint density at radius 3 is 2.44 bits per heavy atom. The maximum Gasteiger partial charge on any atom is 0.255 e. The van der Waals surface area contributed by atoms with E-state index in [9.17, 15) is 4.79 Å². The number of carbonyl (C=O) groups is 1. The van der Waals surface area contributed by atoms with Crippen LogP contribution in [0.5, 0.6) is 5.75 Å². The van der Waals surface area contributed by atoms with Gasteiger partial charge in [0.1, 0.15) is 11.6 Å². The molecule has 168 valence electrons. The second-order valence-electron chi connectivity index (χ2n) is 8.38. The van der Waals surface area contributed by atoms with E-state index >= 15 is 0 Å². The van der Waals surface area contributed by atoms with Gasteiger partial charge in [-0.3, -0.25) is 4.79 Å². The summed E-state index contributed by atoms with van der Waals surface area (Å²) >= 11 is 0. The van der Waals surface area contributed by atoms with E-state index in [-0.39, 0.29) is 18.0 Å². The lowest BCUT2D eigenvalue weighted by Crippen LogP contribution is -2.40. The van der Waals surface area contributed by atoms with Gasteiger partial charge in [-0.25, -0.2) is 4.98 Å². The average Bonchev–Trinajstić information content (AvgIpc) is 2.80. The summed E-state index contributed by atoms with van der Waals surface area (Å²) in [6, 6.07) is 15.9. The number of benzene rings is 2. The number of rotatable bonds is 7. The zero-order valence-corrected chi connectivity index (χ0v) is 19.0.